The Balaban J connectivity index is 1.25. The lowest BCUT2D eigenvalue weighted by Crippen LogP contribution is -2.82. The quantitative estimate of drug-likeness (QED) is 0.588. The number of ether oxygens (including phenoxy) is 1. The molecule has 1 saturated carbocycles. The van der Waals surface area contributed by atoms with Crippen LogP contribution >= 0.6 is 0 Å². The number of carbonyl (C=O) groups is 2. The van der Waals surface area contributed by atoms with Crippen LogP contribution in [0, 0.1) is 11.3 Å². The third kappa shape index (κ3) is 4.91. The van der Waals surface area contributed by atoms with Gasteiger partial charge in [-0.25, -0.2) is 4.79 Å². The van der Waals surface area contributed by atoms with E-state index in [1.807, 2.05) is 36.4 Å². The second-order valence-corrected chi connectivity index (χ2v) is 9.48. The molecule has 35 heavy (non-hydrogen) atoms. The largest absolute Gasteiger partial charge is 0.489 e. The highest BCUT2D eigenvalue weighted by Gasteiger charge is 2.41. The van der Waals surface area contributed by atoms with Gasteiger partial charge in [0.25, 0.3) is 5.91 Å². The van der Waals surface area contributed by atoms with Gasteiger partial charge in [-0.15, -0.1) is 4.99 Å². The predicted octanol–water partition coefficient (Wildman–Crippen LogP) is 1.72. The molecule has 2 amide bonds. The number of amides is 2. The maximum Gasteiger partial charge on any atom is 0.388 e. The summed E-state index contributed by atoms with van der Waals surface area (Å²) in [6.07, 6.45) is 4.96. The number of aliphatic hydroxyl groups excluding tert-OH is 1. The first-order chi connectivity index (χ1) is 17.0. The van der Waals surface area contributed by atoms with E-state index >= 15 is 0 Å². The first kappa shape index (κ1) is 23.1. The van der Waals surface area contributed by atoms with Gasteiger partial charge < -0.3 is 20.1 Å². The van der Waals surface area contributed by atoms with Crippen LogP contribution in [0.2, 0.25) is 0 Å². The van der Waals surface area contributed by atoms with Crippen molar-refractivity contribution in [2.24, 2.45) is 0 Å². The standard InChI is InChI=1S/C27H28N4O4/c28-14-17-5-7-18(8-6-17)15-29-22-3-1-2-4-24(22)35-20-9-10-21-19(13-20)16-31(27(21)34)23-11-12-25(32)30-26(23)33/h5-10,13,22-24,29H,1-4,11-12,15-16H2,(H,30,32,33)/p+1/t22-,23?,24+/m0/s1. The predicted molar refractivity (Wildman–Crippen MR) is 128 cm³/mol. The van der Waals surface area contributed by atoms with Crippen molar-refractivity contribution >= 4 is 17.7 Å². The molecule has 0 bridgehead atoms. The number of fused-ring (bicyclic) bond motifs is 1. The Kier molecular flexibility index (Phi) is 6.51. The number of nitrogens with one attached hydrogen (secondary N) is 2. The number of aliphatic hydroxyl groups is 1. The monoisotopic (exact) mass is 473 g/mol. The Hall–Kier alpha value is -3.70. The minimum Gasteiger partial charge on any atom is -0.489 e. The molecule has 2 heterocycles. The molecular formula is C27H29N4O4+. The zero-order valence-electron chi connectivity index (χ0n) is 19.5. The topological polar surface area (TPSA) is 117 Å². The molecule has 3 N–H and O–H groups in total. The summed E-state index contributed by atoms with van der Waals surface area (Å²) >= 11 is 0. The zero-order valence-corrected chi connectivity index (χ0v) is 19.5. The van der Waals surface area contributed by atoms with Crippen molar-refractivity contribution < 1.29 is 24.4 Å². The highest BCUT2D eigenvalue weighted by molar-refractivity contribution is 6.01. The Morgan fingerprint density at radius 2 is 1.91 bits per heavy atom. The molecule has 2 aromatic carbocycles. The summed E-state index contributed by atoms with van der Waals surface area (Å²) in [6, 6.07) is 15.0. The fourth-order valence-electron chi connectivity index (χ4n) is 5.23. The van der Waals surface area contributed by atoms with Crippen LogP contribution in [-0.2, 0) is 17.9 Å². The van der Waals surface area contributed by atoms with Gasteiger partial charge in [-0.2, -0.15) is 5.26 Å². The molecule has 0 aromatic heterocycles. The summed E-state index contributed by atoms with van der Waals surface area (Å²) in [4.78, 5) is 28.5. The number of carbonyl (C=O) groups excluding carboxylic acids is 2. The van der Waals surface area contributed by atoms with Gasteiger partial charge in [-0.05, 0) is 67.1 Å². The van der Waals surface area contributed by atoms with E-state index < -0.39 is 6.04 Å². The third-order valence-corrected chi connectivity index (χ3v) is 7.15. The van der Waals surface area contributed by atoms with Crippen molar-refractivity contribution in [3.8, 4) is 11.8 Å². The smallest absolute Gasteiger partial charge is 0.388 e. The minimum absolute atomic E-state index is 0.0272. The maximum atomic E-state index is 13.0. The molecule has 180 valence electrons. The molecule has 1 aliphatic carbocycles. The van der Waals surface area contributed by atoms with Gasteiger partial charge in [-0.1, -0.05) is 18.6 Å². The second kappa shape index (κ2) is 9.88. The van der Waals surface area contributed by atoms with Crippen LogP contribution < -0.4 is 15.0 Å². The highest BCUT2D eigenvalue weighted by Crippen LogP contribution is 2.31. The first-order valence-corrected chi connectivity index (χ1v) is 12.2. The van der Waals surface area contributed by atoms with Crippen LogP contribution in [0.5, 0.6) is 5.75 Å². The molecule has 0 spiro atoms. The van der Waals surface area contributed by atoms with E-state index in [2.05, 4.69) is 16.4 Å². The van der Waals surface area contributed by atoms with Crippen molar-refractivity contribution in [3.05, 3.63) is 64.7 Å². The molecular weight excluding hydrogens is 444 g/mol. The van der Waals surface area contributed by atoms with Gasteiger partial charge in [-0.3, -0.25) is 4.79 Å². The summed E-state index contributed by atoms with van der Waals surface area (Å²) in [7, 11) is 0. The van der Waals surface area contributed by atoms with Gasteiger partial charge in [0, 0.05) is 24.7 Å². The molecule has 1 fully saturated rings. The normalized spacial score (nSPS) is 24.0. The number of rotatable bonds is 6. The molecule has 8 heteroatoms. The first-order valence-electron chi connectivity index (χ1n) is 12.2. The molecule has 8 nitrogen and oxygen atoms in total. The summed E-state index contributed by atoms with van der Waals surface area (Å²) in [6.45, 7) is 1.09. The van der Waals surface area contributed by atoms with Gasteiger partial charge in [0.15, 0.2) is 6.04 Å². The number of nitriles is 1. The van der Waals surface area contributed by atoms with E-state index in [1.54, 1.807) is 11.0 Å². The average molecular weight is 474 g/mol. The lowest BCUT2D eigenvalue weighted by atomic mass is 9.92. The van der Waals surface area contributed by atoms with Crippen molar-refractivity contribution in [3.63, 3.8) is 0 Å². The van der Waals surface area contributed by atoms with Crippen molar-refractivity contribution in [2.75, 3.05) is 0 Å². The van der Waals surface area contributed by atoms with E-state index in [0.29, 0.717) is 30.6 Å². The summed E-state index contributed by atoms with van der Waals surface area (Å²) in [5.41, 5.74) is 3.27. The Labute approximate surface area is 204 Å². The average Bonchev–Trinajstić information content (AvgIpc) is 3.19. The third-order valence-electron chi connectivity index (χ3n) is 7.15. The van der Waals surface area contributed by atoms with Crippen molar-refractivity contribution in [1.82, 2.24) is 10.2 Å². The Morgan fingerprint density at radius 3 is 2.69 bits per heavy atom. The molecule has 5 rings (SSSR count). The van der Waals surface area contributed by atoms with Crippen LogP contribution in [0.25, 0.3) is 0 Å². The summed E-state index contributed by atoms with van der Waals surface area (Å²) < 4.78 is 6.42. The van der Waals surface area contributed by atoms with Crippen LogP contribution in [0.4, 0.5) is 0 Å². The summed E-state index contributed by atoms with van der Waals surface area (Å²) in [5, 5.41) is 22.8. The van der Waals surface area contributed by atoms with Crippen molar-refractivity contribution in [2.45, 2.75) is 69.8 Å². The second-order valence-electron chi connectivity index (χ2n) is 9.48. The van der Waals surface area contributed by atoms with E-state index in [0.717, 1.165) is 42.6 Å². The Bertz CT molecular complexity index is 1200. The zero-order chi connectivity index (χ0) is 24.4. The molecule has 3 aliphatic rings. The fourth-order valence-corrected chi connectivity index (χ4v) is 5.23. The lowest BCUT2D eigenvalue weighted by Gasteiger charge is -2.33. The molecule has 0 saturated heterocycles. The van der Waals surface area contributed by atoms with Crippen molar-refractivity contribution in [1.29, 1.82) is 5.26 Å². The van der Waals surface area contributed by atoms with Crippen LogP contribution in [0.3, 0.4) is 0 Å². The van der Waals surface area contributed by atoms with E-state index in [-0.39, 0.29) is 36.3 Å². The van der Waals surface area contributed by atoms with Crippen LogP contribution in [0.1, 0.15) is 65.6 Å². The molecule has 1 unspecified atom stereocenters. The molecule has 2 aliphatic heterocycles. The van der Waals surface area contributed by atoms with Gasteiger partial charge in [0.2, 0.25) is 0 Å². The number of hydrogen-bond donors (Lipinski definition) is 3. The number of hydrogen-bond acceptors (Lipinski definition) is 5. The SMILES string of the molecule is N#Cc1ccc(CN[C@H]2CCCC[C@H]2Oc2ccc3c(c2)CN(C2CCC(=O)[NH+]=C2O)C3=O)cc1. The maximum absolute atomic E-state index is 13.0. The number of nitrogens with zero attached hydrogens (tertiary/aromatic N) is 2. The fraction of sp³-hybridized carbons (Fsp3) is 0.407. The molecule has 3 atom stereocenters. The van der Waals surface area contributed by atoms with Gasteiger partial charge in [0.1, 0.15) is 11.9 Å². The molecule has 2 aromatic rings. The lowest BCUT2D eigenvalue weighted by molar-refractivity contribution is -0.394. The summed E-state index contributed by atoms with van der Waals surface area (Å²) in [5.74, 6) is 0.213. The number of benzene rings is 2. The van der Waals surface area contributed by atoms with Crippen LogP contribution in [-0.4, -0.2) is 45.9 Å². The van der Waals surface area contributed by atoms with E-state index in [4.69, 9.17) is 10.00 Å². The van der Waals surface area contributed by atoms with E-state index in [1.165, 1.54) is 0 Å². The Morgan fingerprint density at radius 1 is 1.11 bits per heavy atom. The minimum atomic E-state index is -0.508. The van der Waals surface area contributed by atoms with E-state index in [9.17, 15) is 14.7 Å². The van der Waals surface area contributed by atoms with Crippen LogP contribution in [0.15, 0.2) is 42.5 Å². The van der Waals surface area contributed by atoms with Gasteiger partial charge in [0.05, 0.1) is 18.1 Å². The molecule has 0 radical (unpaired) electrons. The van der Waals surface area contributed by atoms with Gasteiger partial charge >= 0.3 is 11.8 Å². The highest BCUT2D eigenvalue weighted by atomic mass is 16.5.